The second-order valence-corrected chi connectivity index (χ2v) is 8.43. The number of aryl methyl sites for hydroxylation is 2. The molecule has 0 N–H and O–H groups in total. The number of hydrogen-bond donors (Lipinski definition) is 0. The van der Waals surface area contributed by atoms with Gasteiger partial charge in [-0.1, -0.05) is 35.9 Å². The first-order chi connectivity index (χ1) is 15.8. The second kappa shape index (κ2) is 9.54. The van der Waals surface area contributed by atoms with E-state index in [0.29, 0.717) is 49.0 Å². The third kappa shape index (κ3) is 4.96. The Kier molecular flexibility index (Phi) is 6.55. The fourth-order valence-electron chi connectivity index (χ4n) is 4.05. The van der Waals surface area contributed by atoms with Crippen LogP contribution < -0.4 is 4.90 Å². The quantitative estimate of drug-likeness (QED) is 0.414. The van der Waals surface area contributed by atoms with Gasteiger partial charge in [0.25, 0.3) is 11.6 Å². The van der Waals surface area contributed by atoms with Crippen LogP contribution in [0.3, 0.4) is 0 Å². The Bertz CT molecular complexity index is 1190. The van der Waals surface area contributed by atoms with Crippen molar-refractivity contribution < 1.29 is 9.72 Å². The molecular formula is C24H24ClN5O3. The van der Waals surface area contributed by atoms with Gasteiger partial charge in [0.1, 0.15) is 11.6 Å². The van der Waals surface area contributed by atoms with Gasteiger partial charge < -0.3 is 9.80 Å². The number of hydrogen-bond acceptors (Lipinski definition) is 6. The maximum atomic E-state index is 12.9. The molecule has 3 aromatic rings. The zero-order valence-electron chi connectivity index (χ0n) is 18.5. The number of rotatable bonds is 5. The van der Waals surface area contributed by atoms with Gasteiger partial charge in [0.2, 0.25) is 0 Å². The minimum absolute atomic E-state index is 0.0650. The summed E-state index contributed by atoms with van der Waals surface area (Å²) in [6.07, 6.45) is 0.568. The summed E-state index contributed by atoms with van der Waals surface area (Å²) in [5.74, 6) is 1.47. The summed E-state index contributed by atoms with van der Waals surface area (Å²) in [5, 5.41) is 11.4. The van der Waals surface area contributed by atoms with Crippen molar-refractivity contribution in [2.45, 2.75) is 20.3 Å². The van der Waals surface area contributed by atoms with Gasteiger partial charge in [0.15, 0.2) is 0 Å². The molecule has 2 aromatic carbocycles. The summed E-state index contributed by atoms with van der Waals surface area (Å²) >= 11 is 6.21. The van der Waals surface area contributed by atoms with Crippen molar-refractivity contribution >= 4 is 29.0 Å². The fraction of sp³-hybridized carbons (Fsp3) is 0.292. The molecular weight excluding hydrogens is 442 g/mol. The molecule has 0 atom stereocenters. The van der Waals surface area contributed by atoms with E-state index in [1.165, 1.54) is 12.1 Å². The van der Waals surface area contributed by atoms with E-state index in [1.54, 1.807) is 24.3 Å². The summed E-state index contributed by atoms with van der Waals surface area (Å²) in [5.41, 5.74) is 3.39. The van der Waals surface area contributed by atoms with Crippen LogP contribution in [0.25, 0.3) is 0 Å². The number of carbonyl (C=O) groups excluding carboxylic acids is 1. The number of nitrogens with zero attached hydrogens (tertiary/aromatic N) is 5. The lowest BCUT2D eigenvalue weighted by Gasteiger charge is -2.36. The fourth-order valence-corrected chi connectivity index (χ4v) is 4.27. The molecule has 9 heteroatoms. The van der Waals surface area contributed by atoms with Crippen LogP contribution in [0, 0.1) is 24.0 Å². The van der Waals surface area contributed by atoms with Crippen LogP contribution in [0.15, 0.2) is 48.5 Å². The second-order valence-electron chi connectivity index (χ2n) is 8.02. The monoisotopic (exact) mass is 465 g/mol. The van der Waals surface area contributed by atoms with Gasteiger partial charge >= 0.3 is 0 Å². The minimum atomic E-state index is -0.404. The molecule has 0 spiro atoms. The zero-order valence-corrected chi connectivity index (χ0v) is 19.2. The number of non-ortho nitro benzene ring substituents is 1. The average molecular weight is 466 g/mol. The smallest absolute Gasteiger partial charge is 0.269 e. The van der Waals surface area contributed by atoms with Gasteiger partial charge in [-0.05, 0) is 31.5 Å². The van der Waals surface area contributed by atoms with Gasteiger partial charge in [-0.15, -0.1) is 0 Å². The Morgan fingerprint density at radius 2 is 1.70 bits per heavy atom. The molecule has 0 aliphatic carbocycles. The number of halogens is 1. The molecule has 4 rings (SSSR count). The topological polar surface area (TPSA) is 92.5 Å². The highest BCUT2D eigenvalue weighted by Crippen LogP contribution is 2.26. The lowest BCUT2D eigenvalue weighted by molar-refractivity contribution is -0.384. The van der Waals surface area contributed by atoms with Crippen molar-refractivity contribution in [3.63, 3.8) is 0 Å². The minimum Gasteiger partial charge on any atom is -0.353 e. The van der Waals surface area contributed by atoms with Gasteiger partial charge in [0.05, 0.1) is 15.5 Å². The van der Waals surface area contributed by atoms with Gasteiger partial charge in [0, 0.05) is 56.0 Å². The van der Waals surface area contributed by atoms with Crippen molar-refractivity contribution in [1.82, 2.24) is 14.9 Å². The first-order valence-electron chi connectivity index (χ1n) is 10.7. The molecule has 0 radical (unpaired) electrons. The number of carbonyl (C=O) groups is 1. The van der Waals surface area contributed by atoms with Gasteiger partial charge in [-0.25, -0.2) is 9.97 Å². The number of piperazine rings is 1. The third-order valence-corrected chi connectivity index (χ3v) is 6.13. The van der Waals surface area contributed by atoms with Crippen molar-refractivity contribution in [1.29, 1.82) is 0 Å². The first-order valence-corrected chi connectivity index (χ1v) is 11.1. The van der Waals surface area contributed by atoms with Crippen LogP contribution >= 0.6 is 11.6 Å². The highest BCUT2D eigenvalue weighted by atomic mass is 35.5. The molecule has 170 valence electrons. The van der Waals surface area contributed by atoms with Crippen LogP contribution in [-0.4, -0.2) is 51.9 Å². The number of benzene rings is 2. The SMILES string of the molecule is Cc1nc(C)c(Cc2ccc([N+](=O)[O-])cc2)c(N2CCN(C(=O)c3ccccc3Cl)CC2)n1. The van der Waals surface area contributed by atoms with Crippen molar-refractivity contribution in [3.8, 4) is 0 Å². The Morgan fingerprint density at radius 3 is 2.33 bits per heavy atom. The normalized spacial score (nSPS) is 13.8. The Hall–Kier alpha value is -3.52. The van der Waals surface area contributed by atoms with Gasteiger partial charge in [-0.2, -0.15) is 0 Å². The Labute approximate surface area is 197 Å². The molecule has 1 aliphatic rings. The maximum Gasteiger partial charge on any atom is 0.269 e. The summed E-state index contributed by atoms with van der Waals surface area (Å²) in [4.78, 5) is 36.7. The maximum absolute atomic E-state index is 12.9. The van der Waals surface area contributed by atoms with Crippen LogP contribution in [-0.2, 0) is 6.42 Å². The number of nitro groups is 1. The number of anilines is 1. The van der Waals surface area contributed by atoms with E-state index in [0.717, 1.165) is 22.6 Å². The average Bonchev–Trinajstić information content (AvgIpc) is 2.81. The van der Waals surface area contributed by atoms with Crippen molar-refractivity contribution in [3.05, 3.63) is 91.9 Å². The van der Waals surface area contributed by atoms with Crippen molar-refractivity contribution in [2.24, 2.45) is 0 Å². The number of nitro benzene ring substituents is 1. The molecule has 1 aliphatic heterocycles. The molecule has 33 heavy (non-hydrogen) atoms. The van der Waals surface area contributed by atoms with E-state index in [2.05, 4.69) is 9.88 Å². The molecule has 8 nitrogen and oxygen atoms in total. The van der Waals surface area contributed by atoms with E-state index in [4.69, 9.17) is 16.6 Å². The predicted octanol–water partition coefficient (Wildman–Crippen LogP) is 4.21. The lowest BCUT2D eigenvalue weighted by atomic mass is 10.0. The van der Waals surface area contributed by atoms with Crippen molar-refractivity contribution in [2.75, 3.05) is 31.1 Å². The molecule has 0 unspecified atom stereocenters. The standard InChI is InChI=1S/C24H24ClN5O3/c1-16-21(15-18-7-9-19(10-8-18)30(32)33)23(27-17(2)26-16)28-11-13-29(14-12-28)24(31)20-5-3-4-6-22(20)25/h3-10H,11-15H2,1-2H3. The highest BCUT2D eigenvalue weighted by Gasteiger charge is 2.26. The zero-order chi connectivity index (χ0) is 23.5. The molecule has 1 aromatic heterocycles. The van der Waals surface area contributed by atoms with E-state index < -0.39 is 4.92 Å². The molecule has 1 saturated heterocycles. The summed E-state index contributed by atoms with van der Waals surface area (Å²) in [6, 6.07) is 13.6. The highest BCUT2D eigenvalue weighted by molar-refractivity contribution is 6.33. The van der Waals surface area contributed by atoms with E-state index in [9.17, 15) is 14.9 Å². The molecule has 1 amide bonds. The first kappa shape index (κ1) is 22.7. The summed E-state index contributed by atoms with van der Waals surface area (Å²) in [7, 11) is 0. The summed E-state index contributed by atoms with van der Waals surface area (Å²) in [6.45, 7) is 6.21. The Morgan fingerprint density at radius 1 is 1.03 bits per heavy atom. The molecule has 1 fully saturated rings. The predicted molar refractivity (Wildman–Crippen MR) is 127 cm³/mol. The number of amides is 1. The lowest BCUT2D eigenvalue weighted by Crippen LogP contribution is -2.49. The largest absolute Gasteiger partial charge is 0.353 e. The Balaban J connectivity index is 1.53. The van der Waals surface area contributed by atoms with E-state index in [1.807, 2.05) is 30.9 Å². The number of aromatic nitrogens is 2. The summed E-state index contributed by atoms with van der Waals surface area (Å²) < 4.78 is 0. The van der Waals surface area contributed by atoms with Crippen LogP contribution in [0.1, 0.15) is 33.0 Å². The van der Waals surface area contributed by atoms with Crippen LogP contribution in [0.4, 0.5) is 11.5 Å². The van der Waals surface area contributed by atoms with E-state index >= 15 is 0 Å². The van der Waals surface area contributed by atoms with E-state index in [-0.39, 0.29) is 11.6 Å². The van der Waals surface area contributed by atoms with Gasteiger partial charge in [-0.3, -0.25) is 14.9 Å². The van der Waals surface area contributed by atoms with Crippen LogP contribution in [0.2, 0.25) is 5.02 Å². The molecule has 0 saturated carbocycles. The molecule has 2 heterocycles. The third-order valence-electron chi connectivity index (χ3n) is 5.80. The molecule has 0 bridgehead atoms. The van der Waals surface area contributed by atoms with Crippen LogP contribution in [0.5, 0.6) is 0 Å².